The summed E-state index contributed by atoms with van der Waals surface area (Å²) < 4.78 is 505. The van der Waals surface area contributed by atoms with E-state index in [1.807, 2.05) is 0 Å². The highest BCUT2D eigenvalue weighted by Crippen LogP contribution is 2.41. The molecule has 0 aliphatic carbocycles. The van der Waals surface area contributed by atoms with E-state index in [4.69, 9.17) is 17.8 Å². The minimum Gasteiger partial charge on any atom is -0.309 e. The lowest BCUT2D eigenvalue weighted by Gasteiger charge is -2.34. The lowest BCUT2D eigenvalue weighted by atomic mass is 9.99. The highest BCUT2D eigenvalue weighted by molar-refractivity contribution is 7.20. The van der Waals surface area contributed by atoms with Gasteiger partial charge in [-0.3, -0.25) is 0 Å². The molecule has 4 heteroatoms. The first-order chi connectivity index (χ1) is 62.8. The summed E-state index contributed by atoms with van der Waals surface area (Å²) in [6, 6.07) is -68.4. The maximum Gasteiger partial charge on any atom is 0.179 e. The topological polar surface area (TPSA) is 14.8 Å². The smallest absolute Gasteiger partial charge is 0.179 e. The van der Waals surface area contributed by atoms with Crippen molar-refractivity contribution in [1.29, 1.82) is 0 Å². The molecular weight excluding hydrogens is 1010 g/mol. The minimum atomic E-state index is -6.86. The van der Waals surface area contributed by atoms with Crippen molar-refractivity contribution in [3.05, 3.63) is 320 Å². The van der Waals surface area contributed by atoms with Crippen LogP contribution in [0.5, 0.6) is 0 Å². The molecule has 0 bridgehead atoms. The molecular formula is C78H53N3Si. The van der Waals surface area contributed by atoms with Crippen LogP contribution in [0.4, 0.5) is 0 Å². The molecule has 3 nitrogen and oxygen atoms in total. The Morgan fingerprint density at radius 1 is 0.220 bits per heavy atom. The van der Waals surface area contributed by atoms with Crippen LogP contribution in [0.2, 0.25) is 0 Å². The summed E-state index contributed by atoms with van der Waals surface area (Å²) in [6.07, 6.45) is 0. The number of hydrogen-bond acceptors (Lipinski definition) is 0. The SMILES string of the molecule is [2H]c1c([2H])c([2H])c(-c2c([2H])c([2H])c([2H])c(-c3c([2H])c([2H])c([2H])c(-n4c5c([2H])c([2H])c([2H])c([2H])c5c5c([2H])c(-n6c7c([2H])c([2H])c([2H])c([2H])c7c7c([2H])c(-c8c([2H])c([2H])c([2H])c([2H])c8-n8c9c([2H])c([2H])c([2H])c([2H])c9c9c([2H])c([2H])c([Si](c%10c([2H])c([2H])c([2H])c([2H])c%10[2H])(c%10c([2H])c([2H])c([2H])c([2H])c%10[2H])c%10c([2H])c([2H])c([2H])c([2H])c%10[2H])c([2H])c98)c([2H])c([2H])c76)c([2H])c([2H])c54)c3[2H])c2[2H])c([2H])c1[2H]. The van der Waals surface area contributed by atoms with E-state index in [-0.39, 0.29) is 0 Å². The number of hydrogen-bond donors (Lipinski definition) is 0. The van der Waals surface area contributed by atoms with Gasteiger partial charge in [0.2, 0.25) is 0 Å². The van der Waals surface area contributed by atoms with E-state index in [1.54, 1.807) is 0 Å². The van der Waals surface area contributed by atoms with Gasteiger partial charge in [0.05, 0.1) is 111 Å². The standard InChI is InChI=1S/C78H53N3Si/c1-5-23-54(24-6-1)55-25-21-26-56(49-55)57-27-22-28-59(50-57)79-74-41-19-16-38-68(74)71-52-60(44-48-77(71)79)80-73-40-18-15-37-67(73)70-51-58(43-47-76(70)80)65-35-13-17-39-72(65)81-75-42-20-14-36-66(75)69-46-45-64(53-78(69)81)82(61-29-7-2-8-30-61,62-31-9-3-10-32-62)63-33-11-4-12-34-63/h1-53H/i1D,2D,3D,4D,5D,6D,7D,8D,9D,10D,11D,12D,13D,14D,15D,16D,17D,18D,19D,20D,21D,22D,23D,24D,25D,26D,27D,28D,29D,30D,31D,32D,33D,34D,35D,36D,37D,38D,39D,40D,41D,42D,43D,44D,45D,46D,47D,48D,49D,50D,51D,52D,53D. The van der Waals surface area contributed by atoms with E-state index in [2.05, 4.69) is 0 Å². The summed E-state index contributed by atoms with van der Waals surface area (Å²) in [5, 5.41) is -11.4. The van der Waals surface area contributed by atoms with Crippen molar-refractivity contribution < 1.29 is 72.7 Å². The van der Waals surface area contributed by atoms with Crippen molar-refractivity contribution >= 4 is 94.2 Å². The molecule has 0 aliphatic heterocycles. The van der Waals surface area contributed by atoms with Crippen LogP contribution < -0.4 is 20.7 Å². The van der Waals surface area contributed by atoms with Gasteiger partial charge in [-0.25, -0.2) is 0 Å². The summed E-state index contributed by atoms with van der Waals surface area (Å²) in [5.74, 6) is 0. The molecule has 0 N–H and O–H groups in total. The second kappa shape index (κ2) is 19.4. The zero-order chi connectivity index (χ0) is 100. The molecule has 0 unspecified atom stereocenters. The molecule has 82 heavy (non-hydrogen) atoms. The molecule has 0 fully saturated rings. The van der Waals surface area contributed by atoms with Gasteiger partial charge >= 0.3 is 0 Å². The van der Waals surface area contributed by atoms with Gasteiger partial charge in [0.25, 0.3) is 0 Å². The van der Waals surface area contributed by atoms with Crippen LogP contribution >= 0.6 is 0 Å². The van der Waals surface area contributed by atoms with Crippen molar-refractivity contribution in [1.82, 2.24) is 13.7 Å². The number of rotatable bonds is 10. The summed E-state index contributed by atoms with van der Waals surface area (Å²) >= 11 is 0. The average Bonchev–Trinajstić information content (AvgIpc) is 1.33. The zero-order valence-electron chi connectivity index (χ0n) is 93.8. The van der Waals surface area contributed by atoms with E-state index >= 15 is 0 Å². The maximum absolute atomic E-state index is 11.0. The summed E-state index contributed by atoms with van der Waals surface area (Å²) in [4.78, 5) is 0. The van der Waals surface area contributed by atoms with Crippen LogP contribution in [0.3, 0.4) is 0 Å². The number of para-hydroxylation sites is 4. The Morgan fingerprint density at radius 2 is 0.646 bits per heavy atom. The quantitative estimate of drug-likeness (QED) is 0.0958. The third kappa shape index (κ3) is 7.50. The van der Waals surface area contributed by atoms with E-state index in [1.165, 1.54) is 0 Å². The van der Waals surface area contributed by atoms with Gasteiger partial charge in [0.1, 0.15) is 0 Å². The molecule has 3 heterocycles. The van der Waals surface area contributed by atoms with Crippen molar-refractivity contribution in [2.45, 2.75) is 0 Å². The molecule has 0 amide bonds. The Kier molecular flexibility index (Phi) is 4.31. The van der Waals surface area contributed by atoms with Gasteiger partial charge in [-0.1, -0.05) is 242 Å². The molecule has 13 aromatic carbocycles. The highest BCUT2D eigenvalue weighted by Gasteiger charge is 2.41. The number of nitrogens with zero attached hydrogens (tertiary/aromatic N) is 3. The largest absolute Gasteiger partial charge is 0.309 e. The average molecular weight is 1110 g/mol. The van der Waals surface area contributed by atoms with E-state index in [0.29, 0.717) is 13.7 Å². The first-order valence-electron chi connectivity index (χ1n) is 50.5. The molecule has 0 aliphatic rings. The molecule has 0 saturated carbocycles. The molecule has 0 atom stereocenters. The molecule has 0 radical (unpaired) electrons. The second-order valence-electron chi connectivity index (χ2n) is 17.5. The maximum atomic E-state index is 11.0. The van der Waals surface area contributed by atoms with Gasteiger partial charge in [-0.05, 0) is 127 Å². The predicted molar refractivity (Wildman–Crippen MR) is 349 cm³/mol. The monoisotopic (exact) mass is 1110 g/mol. The van der Waals surface area contributed by atoms with Crippen LogP contribution in [-0.4, -0.2) is 21.8 Å². The fourth-order valence-corrected chi connectivity index (χ4v) is 13.4. The zero-order valence-corrected chi connectivity index (χ0v) is 41.8. The van der Waals surface area contributed by atoms with Crippen LogP contribution in [-0.2, 0) is 0 Å². The fraction of sp³-hybridized carbons (Fsp3) is 0. The first-order valence-corrected chi connectivity index (χ1v) is 26.0. The van der Waals surface area contributed by atoms with E-state index < -0.39 is 465 Å². The number of benzene rings is 13. The predicted octanol–water partition coefficient (Wildman–Crippen LogP) is 17.4. The van der Waals surface area contributed by atoms with Gasteiger partial charge in [0, 0.05) is 49.3 Å². The van der Waals surface area contributed by atoms with Crippen molar-refractivity contribution in [3.8, 4) is 50.4 Å². The fourth-order valence-electron chi connectivity index (χ4n) is 9.88. The van der Waals surface area contributed by atoms with Gasteiger partial charge < -0.3 is 13.7 Å². The Morgan fingerprint density at radius 3 is 1.27 bits per heavy atom. The lowest BCUT2D eigenvalue weighted by Crippen LogP contribution is -2.74. The first kappa shape index (κ1) is 18.2. The summed E-state index contributed by atoms with van der Waals surface area (Å²) in [6.45, 7) is 0. The Bertz CT molecular complexity index is 8110. The van der Waals surface area contributed by atoms with Gasteiger partial charge in [0.15, 0.2) is 8.07 Å². The van der Waals surface area contributed by atoms with Gasteiger partial charge in [-0.15, -0.1) is 0 Å². The van der Waals surface area contributed by atoms with Crippen molar-refractivity contribution in [3.63, 3.8) is 0 Å². The molecule has 16 rings (SSSR count). The van der Waals surface area contributed by atoms with E-state index in [9.17, 15) is 54.8 Å². The highest BCUT2D eigenvalue weighted by atomic mass is 28.3. The minimum absolute atomic E-state index is 0.369. The van der Waals surface area contributed by atoms with Crippen LogP contribution in [0.25, 0.3) is 116 Å². The molecule has 3 aromatic heterocycles. The Labute approximate surface area is 551 Å². The molecule has 16 aromatic rings. The summed E-state index contributed by atoms with van der Waals surface area (Å²) in [5.41, 5.74) is -16.6. The molecule has 384 valence electrons. The number of aromatic nitrogens is 3. The number of fused-ring (bicyclic) bond motifs is 9. The normalized spacial score (nSPS) is 21.0. The Hall–Kier alpha value is -10.5. The van der Waals surface area contributed by atoms with E-state index in [0.717, 1.165) is 0 Å². The van der Waals surface area contributed by atoms with Crippen LogP contribution in [0, 0.1) is 0 Å². The van der Waals surface area contributed by atoms with Gasteiger partial charge in [-0.2, -0.15) is 0 Å². The van der Waals surface area contributed by atoms with Crippen LogP contribution in [0.1, 0.15) is 72.7 Å². The lowest BCUT2D eigenvalue weighted by molar-refractivity contribution is 1.16. The molecule has 0 spiro atoms. The van der Waals surface area contributed by atoms with Crippen molar-refractivity contribution in [2.24, 2.45) is 0 Å². The third-order valence-corrected chi connectivity index (χ3v) is 17.3. The third-order valence-electron chi connectivity index (χ3n) is 13.3. The molecule has 0 saturated heterocycles. The van der Waals surface area contributed by atoms with Crippen molar-refractivity contribution in [2.75, 3.05) is 0 Å². The van der Waals surface area contributed by atoms with Crippen LogP contribution in [0.15, 0.2) is 320 Å². The second-order valence-corrected chi connectivity index (χ2v) is 21.0. The Balaban J connectivity index is 1.09. The summed E-state index contributed by atoms with van der Waals surface area (Å²) in [7, 11) is -6.86.